The smallest absolute Gasteiger partial charge is 0.410 e. The van der Waals surface area contributed by atoms with E-state index in [-0.39, 0.29) is 40.6 Å². The van der Waals surface area contributed by atoms with E-state index in [2.05, 4.69) is 13.8 Å². The van der Waals surface area contributed by atoms with Gasteiger partial charge in [-0.1, -0.05) is 20.3 Å². The molecule has 0 heterocycles. The second kappa shape index (κ2) is 13.5. The van der Waals surface area contributed by atoms with Gasteiger partial charge in [-0.3, -0.25) is 0 Å². The summed E-state index contributed by atoms with van der Waals surface area (Å²) in [5.74, 6) is 2.91. The van der Waals surface area contributed by atoms with Crippen LogP contribution in [0.3, 0.4) is 0 Å². The molecular weight excluding hydrogens is 537 g/mol. The van der Waals surface area contributed by atoms with Crippen LogP contribution in [-0.2, 0) is 9.53 Å². The summed E-state index contributed by atoms with van der Waals surface area (Å²) >= 11 is 5.65. The average Bonchev–Trinajstić information content (AvgIpc) is 3.21. The minimum absolute atomic E-state index is 0.0246. The van der Waals surface area contributed by atoms with Crippen molar-refractivity contribution in [1.29, 1.82) is 0 Å². The number of nitrogens with zero attached hydrogens (tertiary/aromatic N) is 1. The van der Waals surface area contributed by atoms with Gasteiger partial charge in [0.05, 0.1) is 17.9 Å². The third kappa shape index (κ3) is 7.48. The molecule has 4 fully saturated rings. The highest BCUT2D eigenvalue weighted by molar-refractivity contribution is 6.78. The van der Waals surface area contributed by atoms with Crippen molar-refractivity contribution in [3.05, 3.63) is 0 Å². The molecule has 8 heteroatoms. The number of aliphatic hydroxyl groups is 2. The summed E-state index contributed by atoms with van der Waals surface area (Å²) in [7, 11) is 1.49. The Bertz CT molecular complexity index is 913. The van der Waals surface area contributed by atoms with Crippen molar-refractivity contribution in [2.75, 3.05) is 18.9 Å². The number of alkyl halides is 1. The molecule has 0 aliphatic heterocycles. The maximum absolute atomic E-state index is 12.9. The summed E-state index contributed by atoms with van der Waals surface area (Å²) in [5.41, 5.74) is 0.0167. The lowest BCUT2D eigenvalue weighted by molar-refractivity contribution is -0.172. The van der Waals surface area contributed by atoms with Crippen LogP contribution >= 0.6 is 11.6 Å². The molecule has 4 aliphatic rings. The van der Waals surface area contributed by atoms with Gasteiger partial charge in [0, 0.05) is 18.9 Å². The average molecular weight is 593 g/mol. The fourth-order valence-corrected chi connectivity index (χ4v) is 9.90. The van der Waals surface area contributed by atoms with Crippen molar-refractivity contribution < 1.29 is 24.5 Å². The van der Waals surface area contributed by atoms with Crippen LogP contribution in [-0.4, -0.2) is 70.8 Å². The zero-order chi connectivity index (χ0) is 30.0. The molecule has 2 N–H and O–H groups in total. The standard InChI is InChI=1S/C33H56BClNO5/c1-31(2,3)41-30(40)36(18-8-10-28(39)34-21-35)17-7-6-9-22-11-12-25-29-26(14-16-32(22,25)4)33(5)15-13-24(37)19-23(33)20-27(29)38/h22-27,29,37-38H,6-21H2,1-5H3/t22?,23-,24+,25+,26?,27+,29?,32?,33?/m0/s1. The van der Waals surface area contributed by atoms with Crippen LogP contribution in [0.1, 0.15) is 118 Å². The van der Waals surface area contributed by atoms with Crippen LogP contribution in [0.25, 0.3) is 0 Å². The molecule has 5 unspecified atom stereocenters. The number of hydrogen-bond acceptors (Lipinski definition) is 5. The first-order valence-electron chi connectivity index (χ1n) is 16.5. The topological polar surface area (TPSA) is 87.1 Å². The van der Waals surface area contributed by atoms with Crippen LogP contribution in [0.5, 0.6) is 0 Å². The van der Waals surface area contributed by atoms with Crippen molar-refractivity contribution in [3.63, 3.8) is 0 Å². The molecule has 4 aliphatic carbocycles. The first-order chi connectivity index (χ1) is 19.3. The normalized spacial score (nSPS) is 38.4. The highest BCUT2D eigenvalue weighted by Gasteiger charge is 2.62. The highest BCUT2D eigenvalue weighted by atomic mass is 35.5. The van der Waals surface area contributed by atoms with E-state index in [4.69, 9.17) is 16.3 Å². The second-order valence-corrected chi connectivity index (χ2v) is 15.7. The first-order valence-corrected chi connectivity index (χ1v) is 17.1. The lowest BCUT2D eigenvalue weighted by atomic mass is 9.44. The number of unbranched alkanes of at least 4 members (excludes halogenated alkanes) is 1. The molecule has 4 saturated carbocycles. The molecule has 4 rings (SSSR count). The van der Waals surface area contributed by atoms with E-state index < -0.39 is 5.60 Å². The lowest BCUT2D eigenvalue weighted by Crippen LogP contribution is -2.58. The number of carbonyl (C=O) groups excluding carboxylic acids is 2. The Morgan fingerprint density at radius 3 is 2.34 bits per heavy atom. The van der Waals surface area contributed by atoms with Crippen molar-refractivity contribution in [1.82, 2.24) is 4.90 Å². The van der Waals surface area contributed by atoms with E-state index in [0.717, 1.165) is 44.9 Å². The minimum Gasteiger partial charge on any atom is -0.444 e. The number of amides is 1. The van der Waals surface area contributed by atoms with E-state index in [1.165, 1.54) is 33.0 Å². The second-order valence-electron chi connectivity index (χ2n) is 15.4. The maximum Gasteiger partial charge on any atom is 0.410 e. The molecule has 1 amide bonds. The number of halogens is 1. The number of carbonyl (C=O) groups is 2. The molecule has 0 bridgehead atoms. The molecule has 6 nitrogen and oxygen atoms in total. The van der Waals surface area contributed by atoms with Gasteiger partial charge in [-0.05, 0) is 138 Å². The van der Waals surface area contributed by atoms with Crippen LogP contribution in [0.2, 0.25) is 0 Å². The van der Waals surface area contributed by atoms with Crippen LogP contribution in [0.4, 0.5) is 4.79 Å². The number of ether oxygens (including phenoxy) is 1. The van der Waals surface area contributed by atoms with Crippen molar-refractivity contribution in [2.45, 2.75) is 136 Å². The number of aliphatic hydroxyl groups excluding tert-OH is 2. The lowest BCUT2D eigenvalue weighted by Gasteiger charge is -2.62. The van der Waals surface area contributed by atoms with Crippen LogP contribution in [0.15, 0.2) is 0 Å². The summed E-state index contributed by atoms with van der Waals surface area (Å²) < 4.78 is 5.67. The van der Waals surface area contributed by atoms with Crippen LogP contribution in [0, 0.1) is 40.4 Å². The summed E-state index contributed by atoms with van der Waals surface area (Å²) in [6.45, 7) is 11.8. The Morgan fingerprint density at radius 2 is 1.63 bits per heavy atom. The van der Waals surface area contributed by atoms with Crippen LogP contribution < -0.4 is 0 Å². The Balaban J connectivity index is 1.32. The molecule has 1 radical (unpaired) electrons. The Morgan fingerprint density at radius 1 is 0.951 bits per heavy atom. The van der Waals surface area contributed by atoms with Gasteiger partial charge < -0.3 is 24.6 Å². The van der Waals surface area contributed by atoms with Crippen molar-refractivity contribution in [3.8, 4) is 0 Å². The fraction of sp³-hybridized carbons (Fsp3) is 0.939. The largest absolute Gasteiger partial charge is 0.444 e. The van der Waals surface area contributed by atoms with E-state index in [9.17, 15) is 19.8 Å². The quantitative estimate of drug-likeness (QED) is 0.161. The molecule has 41 heavy (non-hydrogen) atoms. The molecule has 0 saturated heterocycles. The molecule has 0 aromatic carbocycles. The van der Waals surface area contributed by atoms with E-state index in [0.29, 0.717) is 55.5 Å². The Hall–Kier alpha value is -0.785. The van der Waals surface area contributed by atoms with E-state index in [1.54, 1.807) is 4.90 Å². The number of fused-ring (bicyclic) bond motifs is 5. The number of rotatable bonds is 11. The summed E-state index contributed by atoms with van der Waals surface area (Å²) in [6.07, 6.45) is 12.1. The van der Waals surface area contributed by atoms with Crippen molar-refractivity contribution in [2.24, 2.45) is 40.4 Å². The summed E-state index contributed by atoms with van der Waals surface area (Å²) in [4.78, 5) is 26.6. The molecule has 0 spiro atoms. The fourth-order valence-electron chi connectivity index (χ4n) is 9.73. The zero-order valence-corrected chi connectivity index (χ0v) is 27.1. The maximum atomic E-state index is 12.9. The first kappa shape index (κ1) is 33.1. The van der Waals surface area contributed by atoms with Gasteiger partial charge in [0.2, 0.25) is 7.28 Å². The van der Waals surface area contributed by atoms with Gasteiger partial charge >= 0.3 is 6.09 Å². The van der Waals surface area contributed by atoms with Gasteiger partial charge in [0.25, 0.3) is 0 Å². The summed E-state index contributed by atoms with van der Waals surface area (Å²) in [6, 6.07) is 0. The molecule has 0 aromatic heterocycles. The molecular formula is C33H56BClNO5. The molecule has 0 aromatic rings. The van der Waals surface area contributed by atoms with Crippen molar-refractivity contribution >= 4 is 30.7 Å². The summed E-state index contributed by atoms with van der Waals surface area (Å²) in [5, 5.41) is 21.8. The predicted molar refractivity (Wildman–Crippen MR) is 165 cm³/mol. The zero-order valence-electron chi connectivity index (χ0n) is 26.4. The van der Waals surface area contributed by atoms with E-state index in [1.807, 2.05) is 20.8 Å². The van der Waals surface area contributed by atoms with Gasteiger partial charge in [-0.25, -0.2) is 4.79 Å². The van der Waals surface area contributed by atoms with Gasteiger partial charge in [-0.2, -0.15) is 0 Å². The molecule has 233 valence electrons. The third-order valence-electron chi connectivity index (χ3n) is 11.9. The third-order valence-corrected chi connectivity index (χ3v) is 12.0. The number of hydrogen-bond donors (Lipinski definition) is 2. The van der Waals surface area contributed by atoms with Gasteiger partial charge in [-0.15, -0.1) is 11.6 Å². The van der Waals surface area contributed by atoms with Gasteiger partial charge in [0.15, 0.2) is 0 Å². The van der Waals surface area contributed by atoms with E-state index >= 15 is 0 Å². The highest BCUT2D eigenvalue weighted by Crippen LogP contribution is 2.67. The Kier molecular flexibility index (Phi) is 10.9. The predicted octanol–water partition coefficient (Wildman–Crippen LogP) is 6.59. The SMILES string of the molecule is CC(C)(C)OC(=O)N(CCCCC1CC[C@@H]2C3C(CCC12C)C1(C)CC[C@@H](O)C[C@H]1C[C@H]3O)CCCC(=O)[B]CCl. The minimum atomic E-state index is -0.554. The Labute approximate surface area is 254 Å². The molecule has 9 atom stereocenters. The van der Waals surface area contributed by atoms with Gasteiger partial charge in [0.1, 0.15) is 5.60 Å². The monoisotopic (exact) mass is 592 g/mol.